The summed E-state index contributed by atoms with van der Waals surface area (Å²) in [4.78, 5) is 0. The maximum absolute atomic E-state index is 2.31. The SMILES string of the molecule is CC=C(C=C(C)C(C)C)C(C)C. The van der Waals surface area contributed by atoms with Crippen molar-refractivity contribution in [2.24, 2.45) is 11.8 Å². The molecule has 0 aliphatic carbocycles. The van der Waals surface area contributed by atoms with Gasteiger partial charge in [-0.15, -0.1) is 0 Å². The Morgan fingerprint density at radius 3 is 1.75 bits per heavy atom. The predicted molar refractivity (Wildman–Crippen MR) is 57.2 cm³/mol. The van der Waals surface area contributed by atoms with Crippen LogP contribution in [0.5, 0.6) is 0 Å². The maximum atomic E-state index is 2.31. The van der Waals surface area contributed by atoms with Crippen molar-refractivity contribution in [2.45, 2.75) is 41.5 Å². The average Bonchev–Trinajstić information content (AvgIpc) is 1.98. The van der Waals surface area contributed by atoms with E-state index < -0.39 is 0 Å². The van der Waals surface area contributed by atoms with Gasteiger partial charge in [0.15, 0.2) is 0 Å². The minimum absolute atomic E-state index is 0.642. The fraction of sp³-hybridized carbons (Fsp3) is 0.667. The Morgan fingerprint density at radius 1 is 1.00 bits per heavy atom. The first kappa shape index (κ1) is 11.5. The van der Waals surface area contributed by atoms with Gasteiger partial charge in [0, 0.05) is 0 Å². The highest BCUT2D eigenvalue weighted by molar-refractivity contribution is 5.24. The topological polar surface area (TPSA) is 0 Å². The lowest BCUT2D eigenvalue weighted by atomic mass is 9.96. The van der Waals surface area contributed by atoms with Crippen molar-refractivity contribution in [3.05, 3.63) is 23.3 Å². The second-order valence-electron chi connectivity index (χ2n) is 3.99. The second kappa shape index (κ2) is 5.18. The molecular formula is C12H22. The summed E-state index contributed by atoms with van der Waals surface area (Å²) < 4.78 is 0. The molecule has 0 aromatic carbocycles. The molecular weight excluding hydrogens is 144 g/mol. The molecule has 0 nitrogen and oxygen atoms in total. The fourth-order valence-electron chi connectivity index (χ4n) is 1.01. The lowest BCUT2D eigenvalue weighted by Crippen LogP contribution is -1.94. The molecule has 70 valence electrons. The molecule has 0 aromatic heterocycles. The highest BCUT2D eigenvalue weighted by atomic mass is 14.1. The van der Waals surface area contributed by atoms with Gasteiger partial charge in [0.05, 0.1) is 0 Å². The normalized spacial score (nSPS) is 14.7. The zero-order valence-electron chi connectivity index (χ0n) is 9.31. The van der Waals surface area contributed by atoms with Gasteiger partial charge in [0.25, 0.3) is 0 Å². The summed E-state index contributed by atoms with van der Waals surface area (Å²) in [5, 5.41) is 0. The third-order valence-electron chi connectivity index (χ3n) is 2.31. The molecule has 0 aliphatic heterocycles. The maximum Gasteiger partial charge on any atom is -0.0222 e. The molecule has 0 bridgehead atoms. The van der Waals surface area contributed by atoms with E-state index in [1.54, 1.807) is 0 Å². The summed E-state index contributed by atoms with van der Waals surface area (Å²) in [5.74, 6) is 1.31. The Bertz CT molecular complexity index is 180. The van der Waals surface area contributed by atoms with Gasteiger partial charge in [-0.2, -0.15) is 0 Å². The molecule has 0 radical (unpaired) electrons. The molecule has 0 saturated carbocycles. The Morgan fingerprint density at radius 2 is 1.50 bits per heavy atom. The minimum atomic E-state index is 0.642. The molecule has 0 atom stereocenters. The van der Waals surface area contributed by atoms with Crippen LogP contribution in [0.1, 0.15) is 41.5 Å². The van der Waals surface area contributed by atoms with Crippen LogP contribution >= 0.6 is 0 Å². The molecule has 12 heavy (non-hydrogen) atoms. The molecule has 0 heteroatoms. The Hall–Kier alpha value is -0.520. The molecule has 0 heterocycles. The van der Waals surface area contributed by atoms with Crippen molar-refractivity contribution in [3.8, 4) is 0 Å². The summed E-state index contributed by atoms with van der Waals surface area (Å²) in [6.07, 6.45) is 4.52. The van der Waals surface area contributed by atoms with Gasteiger partial charge in [0.2, 0.25) is 0 Å². The van der Waals surface area contributed by atoms with Crippen LogP contribution in [0.2, 0.25) is 0 Å². The van der Waals surface area contributed by atoms with Gasteiger partial charge < -0.3 is 0 Å². The van der Waals surface area contributed by atoms with E-state index in [4.69, 9.17) is 0 Å². The van der Waals surface area contributed by atoms with E-state index in [0.29, 0.717) is 11.8 Å². The molecule has 0 unspecified atom stereocenters. The summed E-state index contributed by atoms with van der Waals surface area (Å²) in [6, 6.07) is 0. The van der Waals surface area contributed by atoms with Crippen molar-refractivity contribution in [1.82, 2.24) is 0 Å². The van der Waals surface area contributed by atoms with Crippen LogP contribution in [0.3, 0.4) is 0 Å². The zero-order chi connectivity index (χ0) is 9.72. The third-order valence-corrected chi connectivity index (χ3v) is 2.31. The average molecular weight is 166 g/mol. The number of rotatable bonds is 3. The summed E-state index contributed by atoms with van der Waals surface area (Å²) >= 11 is 0. The Balaban J connectivity index is 4.49. The van der Waals surface area contributed by atoms with Crippen LogP contribution in [0.15, 0.2) is 23.3 Å². The minimum Gasteiger partial charge on any atom is -0.0842 e. The molecule has 0 aromatic rings. The second-order valence-corrected chi connectivity index (χ2v) is 3.99. The molecule has 0 amide bonds. The van der Waals surface area contributed by atoms with Crippen LogP contribution in [-0.2, 0) is 0 Å². The smallest absolute Gasteiger partial charge is 0.0222 e. The van der Waals surface area contributed by atoms with Crippen LogP contribution in [-0.4, -0.2) is 0 Å². The van der Waals surface area contributed by atoms with Crippen molar-refractivity contribution in [3.63, 3.8) is 0 Å². The first-order valence-corrected chi connectivity index (χ1v) is 4.83. The number of hydrogen-bond donors (Lipinski definition) is 0. The van der Waals surface area contributed by atoms with Crippen molar-refractivity contribution < 1.29 is 0 Å². The van der Waals surface area contributed by atoms with Crippen LogP contribution in [0.25, 0.3) is 0 Å². The standard InChI is InChI=1S/C12H22/c1-7-12(10(4)5)8-11(6)9(2)3/h7-10H,1-6H3. The van der Waals surface area contributed by atoms with Crippen LogP contribution in [0, 0.1) is 11.8 Å². The number of hydrogen-bond acceptors (Lipinski definition) is 0. The van der Waals surface area contributed by atoms with Crippen molar-refractivity contribution >= 4 is 0 Å². The molecule has 0 N–H and O–H groups in total. The van der Waals surface area contributed by atoms with E-state index in [0.717, 1.165) is 0 Å². The van der Waals surface area contributed by atoms with E-state index in [1.807, 2.05) is 0 Å². The van der Waals surface area contributed by atoms with E-state index in [2.05, 4.69) is 53.7 Å². The molecule has 0 spiro atoms. The lowest BCUT2D eigenvalue weighted by molar-refractivity contribution is 0.748. The summed E-state index contributed by atoms with van der Waals surface area (Å²) in [6.45, 7) is 13.3. The highest BCUT2D eigenvalue weighted by Gasteiger charge is 2.01. The van der Waals surface area contributed by atoms with Crippen molar-refractivity contribution in [1.29, 1.82) is 0 Å². The Kier molecular flexibility index (Phi) is 4.96. The first-order valence-electron chi connectivity index (χ1n) is 4.83. The monoisotopic (exact) mass is 166 g/mol. The molecule has 0 rings (SSSR count). The highest BCUT2D eigenvalue weighted by Crippen LogP contribution is 2.17. The molecule has 0 saturated heterocycles. The van der Waals surface area contributed by atoms with E-state index in [1.165, 1.54) is 11.1 Å². The van der Waals surface area contributed by atoms with E-state index in [9.17, 15) is 0 Å². The van der Waals surface area contributed by atoms with Gasteiger partial charge >= 0.3 is 0 Å². The summed E-state index contributed by atoms with van der Waals surface area (Å²) in [7, 11) is 0. The van der Waals surface area contributed by atoms with Crippen molar-refractivity contribution in [2.75, 3.05) is 0 Å². The van der Waals surface area contributed by atoms with Gasteiger partial charge in [-0.05, 0) is 31.3 Å². The lowest BCUT2D eigenvalue weighted by Gasteiger charge is -2.10. The van der Waals surface area contributed by atoms with Gasteiger partial charge in [0.1, 0.15) is 0 Å². The first-order chi connectivity index (χ1) is 5.49. The molecule has 0 fully saturated rings. The largest absolute Gasteiger partial charge is 0.0842 e. The van der Waals surface area contributed by atoms with E-state index >= 15 is 0 Å². The zero-order valence-corrected chi connectivity index (χ0v) is 9.31. The molecule has 0 aliphatic rings. The predicted octanol–water partition coefficient (Wildman–Crippen LogP) is 4.19. The van der Waals surface area contributed by atoms with Crippen LogP contribution < -0.4 is 0 Å². The van der Waals surface area contributed by atoms with E-state index in [-0.39, 0.29) is 0 Å². The number of allylic oxidation sites excluding steroid dienone is 4. The summed E-state index contributed by atoms with van der Waals surface area (Å²) in [5.41, 5.74) is 2.91. The quantitative estimate of drug-likeness (QED) is 0.551. The fourth-order valence-corrected chi connectivity index (χ4v) is 1.01. The Labute approximate surface area is 77.4 Å². The van der Waals surface area contributed by atoms with Gasteiger partial charge in [-0.1, -0.05) is 45.4 Å². The van der Waals surface area contributed by atoms with Gasteiger partial charge in [-0.25, -0.2) is 0 Å². The van der Waals surface area contributed by atoms with Crippen LogP contribution in [0.4, 0.5) is 0 Å². The van der Waals surface area contributed by atoms with Gasteiger partial charge in [-0.3, -0.25) is 0 Å². The third kappa shape index (κ3) is 3.75.